The largest absolute Gasteiger partial charge is 0.336 e. The van der Waals surface area contributed by atoms with Crippen LogP contribution in [0.25, 0.3) is 10.8 Å². The quantitative estimate of drug-likeness (QED) is 0.311. The molecular formula is C28H27N3O4S. The molecule has 36 heavy (non-hydrogen) atoms. The summed E-state index contributed by atoms with van der Waals surface area (Å²) in [7, 11) is -3.72. The molecule has 4 aromatic rings. The van der Waals surface area contributed by atoms with Crippen molar-refractivity contribution >= 4 is 38.3 Å². The second-order valence-corrected chi connectivity index (χ2v) is 9.96. The molecule has 4 aromatic carbocycles. The Morgan fingerprint density at radius 3 is 2.11 bits per heavy atom. The molecule has 2 amide bonds. The van der Waals surface area contributed by atoms with Gasteiger partial charge in [-0.15, -0.1) is 0 Å². The molecule has 8 heteroatoms. The molecule has 0 heterocycles. The maximum atomic E-state index is 13.5. The number of sulfonamides is 1. The number of fused-ring (bicyclic) bond motifs is 1. The standard InChI is InChI=1S/C28H27N3O4S/c1-2-19-29-36(34,35)25-18-10-15-22-23(25)16-9-17-24(22)30-28(33)26(20-11-5-3-6-12-20)31-27(32)21-13-7-4-8-14-21/h3-18,26,29H,2,19H2,1H3,(H,30,33)(H,31,32)/t26-/m1/s1. The van der Waals surface area contributed by atoms with Crippen molar-refractivity contribution in [1.29, 1.82) is 0 Å². The third-order valence-corrected chi connectivity index (χ3v) is 7.20. The number of benzene rings is 4. The van der Waals surface area contributed by atoms with Crippen LogP contribution in [0.4, 0.5) is 5.69 Å². The third kappa shape index (κ3) is 5.62. The summed E-state index contributed by atoms with van der Waals surface area (Å²) in [5.41, 5.74) is 1.50. The highest BCUT2D eigenvalue weighted by Crippen LogP contribution is 2.29. The Bertz CT molecular complexity index is 1470. The summed E-state index contributed by atoms with van der Waals surface area (Å²) < 4.78 is 28.3. The number of anilines is 1. The Hall–Kier alpha value is -4.01. The lowest BCUT2D eigenvalue weighted by atomic mass is 10.0. The van der Waals surface area contributed by atoms with Gasteiger partial charge in [0.25, 0.3) is 11.8 Å². The molecule has 184 valence electrons. The number of amides is 2. The highest BCUT2D eigenvalue weighted by atomic mass is 32.2. The minimum atomic E-state index is -3.72. The van der Waals surface area contributed by atoms with Crippen LogP contribution < -0.4 is 15.4 Å². The van der Waals surface area contributed by atoms with Gasteiger partial charge in [0, 0.05) is 28.6 Å². The van der Waals surface area contributed by atoms with Crippen LogP contribution in [0.3, 0.4) is 0 Å². The Labute approximate surface area is 210 Å². The molecule has 0 aliphatic heterocycles. The monoisotopic (exact) mass is 501 g/mol. The first-order valence-corrected chi connectivity index (χ1v) is 13.1. The average molecular weight is 502 g/mol. The van der Waals surface area contributed by atoms with Crippen molar-refractivity contribution in [3.63, 3.8) is 0 Å². The topological polar surface area (TPSA) is 104 Å². The third-order valence-electron chi connectivity index (χ3n) is 5.68. The van der Waals surface area contributed by atoms with Crippen molar-refractivity contribution in [2.24, 2.45) is 0 Å². The molecule has 0 aliphatic rings. The van der Waals surface area contributed by atoms with Gasteiger partial charge in [-0.25, -0.2) is 13.1 Å². The molecule has 0 bridgehead atoms. The number of carbonyl (C=O) groups excluding carboxylic acids is 2. The molecule has 0 saturated heterocycles. The van der Waals surface area contributed by atoms with Crippen LogP contribution >= 0.6 is 0 Å². The van der Waals surface area contributed by atoms with Crippen LogP contribution in [-0.2, 0) is 14.8 Å². The van der Waals surface area contributed by atoms with Gasteiger partial charge in [0.2, 0.25) is 10.0 Å². The predicted molar refractivity (Wildman–Crippen MR) is 141 cm³/mol. The van der Waals surface area contributed by atoms with Gasteiger partial charge in [-0.2, -0.15) is 0 Å². The Morgan fingerprint density at radius 1 is 0.778 bits per heavy atom. The first-order chi connectivity index (χ1) is 17.4. The fraction of sp³-hybridized carbons (Fsp3) is 0.143. The van der Waals surface area contributed by atoms with Crippen LogP contribution in [0.15, 0.2) is 102 Å². The van der Waals surface area contributed by atoms with E-state index >= 15 is 0 Å². The van der Waals surface area contributed by atoms with Crippen LogP contribution in [0.5, 0.6) is 0 Å². The second kappa shape index (κ2) is 11.2. The molecule has 0 aromatic heterocycles. The lowest BCUT2D eigenvalue weighted by Gasteiger charge is -2.20. The van der Waals surface area contributed by atoms with E-state index in [-0.39, 0.29) is 10.8 Å². The minimum absolute atomic E-state index is 0.140. The zero-order valence-electron chi connectivity index (χ0n) is 19.8. The zero-order chi connectivity index (χ0) is 25.5. The second-order valence-electron chi connectivity index (χ2n) is 8.23. The summed E-state index contributed by atoms with van der Waals surface area (Å²) in [6.07, 6.45) is 0.668. The Balaban J connectivity index is 1.67. The van der Waals surface area contributed by atoms with Crippen molar-refractivity contribution in [3.8, 4) is 0 Å². The smallest absolute Gasteiger partial charge is 0.252 e. The lowest BCUT2D eigenvalue weighted by Crippen LogP contribution is -2.37. The van der Waals surface area contributed by atoms with E-state index in [1.54, 1.807) is 84.9 Å². The highest BCUT2D eigenvalue weighted by molar-refractivity contribution is 7.89. The first kappa shape index (κ1) is 25.1. The summed E-state index contributed by atoms with van der Waals surface area (Å²) in [5.74, 6) is -0.830. The number of hydrogen-bond donors (Lipinski definition) is 3. The van der Waals surface area contributed by atoms with Crippen molar-refractivity contribution < 1.29 is 18.0 Å². The van der Waals surface area contributed by atoms with Crippen molar-refractivity contribution in [2.45, 2.75) is 24.3 Å². The molecule has 7 nitrogen and oxygen atoms in total. The molecule has 0 saturated carbocycles. The van der Waals surface area contributed by atoms with Gasteiger partial charge in [0.05, 0.1) is 4.90 Å². The molecule has 0 fully saturated rings. The van der Waals surface area contributed by atoms with Gasteiger partial charge in [0.15, 0.2) is 0 Å². The van der Waals surface area contributed by atoms with Gasteiger partial charge in [-0.3, -0.25) is 9.59 Å². The summed E-state index contributed by atoms with van der Waals surface area (Å²) >= 11 is 0. The van der Waals surface area contributed by atoms with Crippen LogP contribution in [0, 0.1) is 0 Å². The number of rotatable bonds is 9. The summed E-state index contributed by atoms with van der Waals surface area (Å²) in [4.78, 5) is 26.5. The maximum Gasteiger partial charge on any atom is 0.252 e. The molecule has 1 atom stereocenters. The van der Waals surface area contributed by atoms with Crippen molar-refractivity contribution in [1.82, 2.24) is 10.0 Å². The van der Waals surface area contributed by atoms with Crippen LogP contribution in [-0.4, -0.2) is 26.8 Å². The van der Waals surface area contributed by atoms with Crippen molar-refractivity contribution in [2.75, 3.05) is 11.9 Å². The van der Waals surface area contributed by atoms with Crippen LogP contribution in [0.1, 0.15) is 35.3 Å². The average Bonchev–Trinajstić information content (AvgIpc) is 2.91. The Morgan fingerprint density at radius 2 is 1.42 bits per heavy atom. The summed E-state index contributed by atoms with van der Waals surface area (Å²) in [6, 6.07) is 26.7. The van der Waals surface area contributed by atoms with Crippen molar-refractivity contribution in [3.05, 3.63) is 108 Å². The molecule has 0 aliphatic carbocycles. The van der Waals surface area contributed by atoms with E-state index in [0.29, 0.717) is 40.6 Å². The molecule has 0 unspecified atom stereocenters. The first-order valence-electron chi connectivity index (χ1n) is 11.6. The van der Waals surface area contributed by atoms with Gasteiger partial charge < -0.3 is 10.6 Å². The number of nitrogens with one attached hydrogen (secondary N) is 3. The number of carbonyl (C=O) groups is 2. The van der Waals surface area contributed by atoms with Gasteiger partial charge in [-0.1, -0.05) is 79.7 Å². The fourth-order valence-corrected chi connectivity index (χ4v) is 5.25. The van der Waals surface area contributed by atoms with E-state index in [0.717, 1.165) is 0 Å². The molecule has 0 radical (unpaired) electrons. The van der Waals surface area contributed by atoms with E-state index < -0.39 is 22.0 Å². The van der Waals surface area contributed by atoms with E-state index in [1.165, 1.54) is 0 Å². The fourth-order valence-electron chi connectivity index (χ4n) is 3.89. The summed E-state index contributed by atoms with van der Waals surface area (Å²) in [5, 5.41) is 6.78. The normalized spacial score (nSPS) is 12.1. The minimum Gasteiger partial charge on any atom is -0.336 e. The lowest BCUT2D eigenvalue weighted by molar-refractivity contribution is -0.118. The molecule has 4 rings (SSSR count). The maximum absolute atomic E-state index is 13.5. The molecular weight excluding hydrogens is 474 g/mol. The van der Waals surface area contributed by atoms with Gasteiger partial charge in [0.1, 0.15) is 6.04 Å². The molecule has 0 spiro atoms. The van der Waals surface area contributed by atoms with E-state index in [4.69, 9.17) is 0 Å². The molecule has 3 N–H and O–H groups in total. The SMILES string of the molecule is CCCNS(=O)(=O)c1cccc2c(NC(=O)[C@H](NC(=O)c3ccccc3)c3ccccc3)cccc12. The predicted octanol–water partition coefficient (Wildman–Crippen LogP) is 4.64. The van der Waals surface area contributed by atoms with Crippen LogP contribution in [0.2, 0.25) is 0 Å². The van der Waals surface area contributed by atoms with E-state index in [2.05, 4.69) is 15.4 Å². The van der Waals surface area contributed by atoms with Gasteiger partial charge >= 0.3 is 0 Å². The Kier molecular flexibility index (Phi) is 7.77. The zero-order valence-corrected chi connectivity index (χ0v) is 20.6. The highest BCUT2D eigenvalue weighted by Gasteiger charge is 2.24. The summed E-state index contributed by atoms with van der Waals surface area (Å²) in [6.45, 7) is 2.22. The number of hydrogen-bond acceptors (Lipinski definition) is 4. The van der Waals surface area contributed by atoms with E-state index in [1.807, 2.05) is 19.1 Å². The van der Waals surface area contributed by atoms with E-state index in [9.17, 15) is 18.0 Å². The van der Waals surface area contributed by atoms with Gasteiger partial charge in [-0.05, 0) is 36.2 Å².